The van der Waals surface area contributed by atoms with E-state index in [1.165, 1.54) is 0 Å². The topological polar surface area (TPSA) is 182 Å². The number of carbonyl (C=O) groups excluding carboxylic acids is 2. The molecule has 0 unspecified atom stereocenters. The normalized spacial score (nSPS) is 11.1. The van der Waals surface area contributed by atoms with Crippen molar-refractivity contribution >= 4 is 58.4 Å². The van der Waals surface area contributed by atoms with Crippen LogP contribution >= 0.6 is 0 Å². The van der Waals surface area contributed by atoms with Crippen molar-refractivity contribution in [1.82, 2.24) is 0 Å². The van der Waals surface area contributed by atoms with E-state index in [0.717, 1.165) is 0 Å². The second kappa shape index (κ2) is 7.09. The summed E-state index contributed by atoms with van der Waals surface area (Å²) in [4.78, 5) is 21.1. The van der Waals surface area contributed by atoms with Crippen LogP contribution in [-0.4, -0.2) is 74.6 Å². The maximum absolute atomic E-state index is 10.7. The summed E-state index contributed by atoms with van der Waals surface area (Å²) >= 11 is 0. The van der Waals surface area contributed by atoms with Gasteiger partial charge in [-0.3, -0.25) is 4.55 Å². The minimum atomic E-state index is -5.07. The van der Waals surface area contributed by atoms with Gasteiger partial charge in [-0.2, -0.15) is 16.8 Å². The Morgan fingerprint density at radius 1 is 1.06 bits per heavy atom. The standard InChI is InChI=1S/C3H5BO11S2.Li.H/c5-2(14-4(7)8)3(6)15-17(12,13)1-16(9,10)11;;/h7-8H,1H2,(H,9,10,11);;. The molecule has 15 heteroatoms. The number of rotatable bonds is 4. The molecule has 0 rings (SSSR count). The predicted molar refractivity (Wildman–Crippen MR) is 54.9 cm³/mol. The van der Waals surface area contributed by atoms with Crippen LogP contribution < -0.4 is 0 Å². The Labute approximate surface area is 113 Å². The van der Waals surface area contributed by atoms with Crippen molar-refractivity contribution in [2.75, 3.05) is 5.08 Å². The van der Waals surface area contributed by atoms with Crippen LogP contribution in [0.25, 0.3) is 0 Å². The molecule has 0 aromatic carbocycles. The van der Waals surface area contributed by atoms with Crippen LogP contribution in [0.2, 0.25) is 0 Å². The van der Waals surface area contributed by atoms with Gasteiger partial charge in [-0.15, -0.1) is 0 Å². The van der Waals surface area contributed by atoms with Crippen LogP contribution in [0, 0.1) is 0 Å². The second-order valence-corrected chi connectivity index (χ2v) is 5.75. The average molecular weight is 300 g/mol. The fraction of sp³-hybridized carbons (Fsp3) is 0.333. The number of hydrogen-bond acceptors (Lipinski definition) is 10. The molecule has 0 aliphatic heterocycles. The first-order chi connectivity index (χ1) is 7.43. The molecule has 11 nitrogen and oxygen atoms in total. The quantitative estimate of drug-likeness (QED) is 0.197. The molecule has 0 fully saturated rings. The second-order valence-electron chi connectivity index (χ2n) is 2.36. The molecule has 0 radical (unpaired) electrons. The summed E-state index contributed by atoms with van der Waals surface area (Å²) in [5.74, 6) is -4.29. The molecule has 0 amide bonds. The fourth-order valence-corrected chi connectivity index (χ4v) is 2.45. The molecular formula is C3H6BLiO11S2. The van der Waals surface area contributed by atoms with E-state index in [-0.39, 0.29) is 18.9 Å². The summed E-state index contributed by atoms with van der Waals surface area (Å²) in [5, 5.41) is 14.2. The van der Waals surface area contributed by atoms with Gasteiger partial charge in [0.05, 0.1) is 0 Å². The van der Waals surface area contributed by atoms with E-state index in [4.69, 9.17) is 14.6 Å². The Morgan fingerprint density at radius 3 is 1.83 bits per heavy atom. The van der Waals surface area contributed by atoms with Gasteiger partial charge in [-0.05, 0) is 0 Å². The molecule has 0 aromatic heterocycles. The molecule has 0 spiro atoms. The van der Waals surface area contributed by atoms with E-state index in [1.807, 2.05) is 0 Å². The maximum atomic E-state index is 10.7. The van der Waals surface area contributed by atoms with Gasteiger partial charge in [0.15, 0.2) is 0 Å². The molecule has 0 saturated carbocycles. The van der Waals surface area contributed by atoms with Crippen molar-refractivity contribution < 1.29 is 49.9 Å². The zero-order valence-electron chi connectivity index (χ0n) is 7.71. The molecular weight excluding hydrogens is 294 g/mol. The minimum absolute atomic E-state index is 0. The van der Waals surface area contributed by atoms with Gasteiger partial charge in [0.25, 0.3) is 10.1 Å². The van der Waals surface area contributed by atoms with Crippen LogP contribution in [-0.2, 0) is 38.7 Å². The molecule has 0 aliphatic carbocycles. The Hall–Kier alpha value is -0.618. The van der Waals surface area contributed by atoms with E-state index in [1.54, 1.807) is 0 Å². The summed E-state index contributed by atoms with van der Waals surface area (Å²) in [7, 11) is -12.7. The zero-order chi connectivity index (χ0) is 13.9. The Kier molecular flexibility index (Phi) is 7.77. The van der Waals surface area contributed by atoms with Crippen LogP contribution in [0.4, 0.5) is 0 Å². The summed E-state index contributed by atoms with van der Waals surface area (Å²) in [6.45, 7) is 0. The number of hydrogen-bond donors (Lipinski definition) is 3. The molecule has 0 saturated heterocycles. The molecule has 0 bridgehead atoms. The third-order valence-electron chi connectivity index (χ3n) is 0.875. The molecule has 0 atom stereocenters. The summed E-state index contributed by atoms with van der Waals surface area (Å²) in [6.07, 6.45) is 0. The summed E-state index contributed by atoms with van der Waals surface area (Å²) < 4.78 is 56.7. The van der Waals surface area contributed by atoms with E-state index in [0.29, 0.717) is 0 Å². The molecule has 3 N–H and O–H groups in total. The van der Waals surface area contributed by atoms with Crippen molar-refractivity contribution in [2.45, 2.75) is 0 Å². The van der Waals surface area contributed by atoms with Crippen molar-refractivity contribution in [1.29, 1.82) is 0 Å². The third kappa shape index (κ3) is 9.42. The first-order valence-electron chi connectivity index (χ1n) is 3.41. The van der Waals surface area contributed by atoms with E-state index in [9.17, 15) is 26.4 Å². The van der Waals surface area contributed by atoms with Crippen molar-refractivity contribution in [2.24, 2.45) is 0 Å². The molecule has 18 heavy (non-hydrogen) atoms. The Bertz CT molecular complexity index is 504. The van der Waals surface area contributed by atoms with Gasteiger partial charge in [0.1, 0.15) is 0 Å². The van der Waals surface area contributed by atoms with E-state index in [2.05, 4.69) is 8.84 Å². The van der Waals surface area contributed by atoms with Crippen molar-refractivity contribution in [3.05, 3.63) is 0 Å². The summed E-state index contributed by atoms with van der Waals surface area (Å²) in [5.41, 5.74) is 0. The van der Waals surface area contributed by atoms with E-state index >= 15 is 0 Å². The van der Waals surface area contributed by atoms with Crippen LogP contribution in [0.1, 0.15) is 0 Å². The van der Waals surface area contributed by atoms with Gasteiger partial charge < -0.3 is 18.9 Å². The van der Waals surface area contributed by atoms with Crippen LogP contribution in [0.5, 0.6) is 0 Å². The molecule has 0 heterocycles. The fourth-order valence-electron chi connectivity index (χ4n) is 0.500. The Balaban J connectivity index is 0. The van der Waals surface area contributed by atoms with Gasteiger partial charge in [-0.25, -0.2) is 9.59 Å². The number of carbonyl (C=O) groups is 2. The monoisotopic (exact) mass is 300 g/mol. The average Bonchev–Trinajstić information content (AvgIpc) is 1.95. The Morgan fingerprint density at radius 2 is 1.50 bits per heavy atom. The van der Waals surface area contributed by atoms with Gasteiger partial charge in [0.2, 0.25) is 5.08 Å². The van der Waals surface area contributed by atoms with Crippen molar-refractivity contribution in [3.8, 4) is 0 Å². The van der Waals surface area contributed by atoms with Crippen LogP contribution in [0.3, 0.4) is 0 Å². The van der Waals surface area contributed by atoms with Crippen LogP contribution in [0.15, 0.2) is 0 Å². The van der Waals surface area contributed by atoms with Gasteiger partial charge in [0, 0.05) is 0 Å². The summed E-state index contributed by atoms with van der Waals surface area (Å²) in [6, 6.07) is 0. The first-order valence-corrected chi connectivity index (χ1v) is 6.60. The SMILES string of the molecule is O=C(OB(O)O)C(=O)OS(=O)(=O)CS(=O)(=O)O.[LiH]. The molecule has 100 valence electrons. The predicted octanol–water partition coefficient (Wildman–Crippen LogP) is -4.43. The van der Waals surface area contributed by atoms with E-state index < -0.39 is 44.6 Å². The first kappa shape index (κ1) is 19.7. The van der Waals surface area contributed by atoms with Gasteiger partial charge >= 0.3 is 48.2 Å². The van der Waals surface area contributed by atoms with Gasteiger partial charge in [-0.1, -0.05) is 0 Å². The van der Waals surface area contributed by atoms with Crippen molar-refractivity contribution in [3.63, 3.8) is 0 Å². The third-order valence-corrected chi connectivity index (χ3v) is 3.63. The zero-order valence-corrected chi connectivity index (χ0v) is 9.34. The molecule has 0 aliphatic rings. The molecule has 0 aromatic rings.